The number of aliphatic imine (C=N–C) groups is 2. The van der Waals surface area contributed by atoms with E-state index in [-0.39, 0.29) is 30.6 Å². The molecule has 2 N–H and O–H groups in total. The van der Waals surface area contributed by atoms with Gasteiger partial charge in [0.15, 0.2) is 0 Å². The average molecular weight is 614 g/mol. The Labute approximate surface area is 260 Å². The molecule has 6 aromatic carbocycles. The van der Waals surface area contributed by atoms with Crippen LogP contribution < -0.4 is 0 Å². The molecule has 0 aromatic heterocycles. The van der Waals surface area contributed by atoms with E-state index in [9.17, 15) is 19.8 Å². The zero-order chi connectivity index (χ0) is 29.1. The van der Waals surface area contributed by atoms with E-state index in [1.807, 2.05) is 97.1 Å². The van der Waals surface area contributed by atoms with Crippen LogP contribution in [-0.2, 0) is 19.5 Å². The van der Waals surface area contributed by atoms with Gasteiger partial charge in [-0.3, -0.25) is 9.98 Å². The number of fused-ring (bicyclic) bond motifs is 2. The molecule has 0 spiro atoms. The van der Waals surface area contributed by atoms with Gasteiger partial charge in [-0.05, 0) is 45.8 Å². The van der Waals surface area contributed by atoms with Crippen molar-refractivity contribution >= 4 is 57.3 Å². The van der Waals surface area contributed by atoms with Gasteiger partial charge in [-0.25, -0.2) is 9.59 Å². The number of hydrogen-bond donors (Lipinski definition) is 2. The van der Waals surface area contributed by atoms with Crippen LogP contribution in [0, 0.1) is 0 Å². The topological polar surface area (TPSA) is 99.3 Å². The largest absolute Gasteiger partial charge is 0.478 e. The van der Waals surface area contributed by atoms with Crippen molar-refractivity contribution in [2.45, 2.75) is 0 Å². The fourth-order valence-corrected chi connectivity index (χ4v) is 5.14. The predicted octanol–water partition coefficient (Wildman–Crippen LogP) is 8.56. The third kappa shape index (κ3) is 5.89. The molecule has 6 nitrogen and oxygen atoms in total. The van der Waals surface area contributed by atoms with E-state index in [0.29, 0.717) is 22.5 Å². The monoisotopic (exact) mass is 612 g/mol. The van der Waals surface area contributed by atoms with Gasteiger partial charge in [-0.15, -0.1) is 0 Å². The molecular formula is C36H24N2O4Zn. The van der Waals surface area contributed by atoms with Gasteiger partial charge >= 0.3 is 11.9 Å². The Morgan fingerprint density at radius 3 is 1.28 bits per heavy atom. The molecule has 7 heteroatoms. The second kappa shape index (κ2) is 12.7. The molecule has 0 aliphatic heterocycles. The van der Waals surface area contributed by atoms with Crippen molar-refractivity contribution in [1.82, 2.24) is 0 Å². The van der Waals surface area contributed by atoms with Crippen LogP contribution in [0.1, 0.15) is 31.8 Å². The van der Waals surface area contributed by atoms with Crippen LogP contribution in [0.5, 0.6) is 0 Å². The van der Waals surface area contributed by atoms with E-state index in [0.717, 1.165) is 32.7 Å². The van der Waals surface area contributed by atoms with Gasteiger partial charge in [0.2, 0.25) is 0 Å². The molecule has 204 valence electrons. The van der Waals surface area contributed by atoms with Crippen LogP contribution >= 0.6 is 0 Å². The van der Waals surface area contributed by atoms with Gasteiger partial charge in [-0.2, -0.15) is 0 Å². The SMILES string of the molecule is O=C(O)c1ccc2ccccc2c1C=Nc1ccccc1-c1ccccc1N=Cc1c(C(=O)O)ccc2ccccc12.[Zn]. The van der Waals surface area contributed by atoms with Crippen molar-refractivity contribution in [3.63, 3.8) is 0 Å². The molecule has 0 atom stereocenters. The molecule has 0 heterocycles. The van der Waals surface area contributed by atoms with Gasteiger partial charge in [0, 0.05) is 54.2 Å². The summed E-state index contributed by atoms with van der Waals surface area (Å²) in [6.45, 7) is 0. The van der Waals surface area contributed by atoms with Crippen LogP contribution in [0.3, 0.4) is 0 Å². The Kier molecular flexibility index (Phi) is 8.65. The average Bonchev–Trinajstić information content (AvgIpc) is 3.02. The maximum absolute atomic E-state index is 12.0. The first-order valence-corrected chi connectivity index (χ1v) is 13.3. The van der Waals surface area contributed by atoms with Crippen LogP contribution in [-0.4, -0.2) is 34.6 Å². The van der Waals surface area contributed by atoms with E-state index in [2.05, 4.69) is 0 Å². The number of hydrogen-bond acceptors (Lipinski definition) is 4. The Morgan fingerprint density at radius 1 is 0.488 bits per heavy atom. The second-order valence-corrected chi connectivity index (χ2v) is 9.66. The Hall–Kier alpha value is -5.26. The molecule has 0 amide bonds. The van der Waals surface area contributed by atoms with Crippen molar-refractivity contribution in [3.05, 3.63) is 144 Å². The van der Waals surface area contributed by atoms with Gasteiger partial charge < -0.3 is 10.2 Å². The first-order valence-electron chi connectivity index (χ1n) is 13.3. The summed E-state index contributed by atoms with van der Waals surface area (Å²) in [5, 5.41) is 23.1. The number of rotatable bonds is 7. The molecular weight excluding hydrogens is 590 g/mol. The predicted molar refractivity (Wildman–Crippen MR) is 168 cm³/mol. The fourth-order valence-electron chi connectivity index (χ4n) is 5.14. The Balaban J connectivity index is 0.00000368. The number of aromatic carboxylic acids is 2. The number of carbonyl (C=O) groups is 2. The number of carboxylic acid groups (broad SMARTS) is 2. The number of para-hydroxylation sites is 2. The maximum atomic E-state index is 12.0. The van der Waals surface area contributed by atoms with Crippen LogP contribution in [0.25, 0.3) is 32.7 Å². The molecule has 0 fully saturated rings. The van der Waals surface area contributed by atoms with Gasteiger partial charge in [0.25, 0.3) is 0 Å². The van der Waals surface area contributed by atoms with Crippen molar-refractivity contribution in [3.8, 4) is 11.1 Å². The minimum atomic E-state index is -1.02. The molecule has 0 radical (unpaired) electrons. The summed E-state index contributed by atoms with van der Waals surface area (Å²) >= 11 is 0. The fraction of sp³-hybridized carbons (Fsp3) is 0. The summed E-state index contributed by atoms with van der Waals surface area (Å²) in [5.74, 6) is -2.05. The first kappa shape index (κ1) is 29.2. The van der Waals surface area contributed by atoms with Crippen molar-refractivity contribution in [1.29, 1.82) is 0 Å². The van der Waals surface area contributed by atoms with Crippen molar-refractivity contribution in [2.24, 2.45) is 9.98 Å². The summed E-state index contributed by atoms with van der Waals surface area (Å²) in [6.07, 6.45) is 3.21. The van der Waals surface area contributed by atoms with Crippen LogP contribution in [0.4, 0.5) is 11.4 Å². The Morgan fingerprint density at radius 2 is 0.860 bits per heavy atom. The van der Waals surface area contributed by atoms with Gasteiger partial charge in [0.05, 0.1) is 22.5 Å². The number of carboxylic acids is 2. The molecule has 0 unspecified atom stereocenters. The minimum absolute atomic E-state index is 0. The zero-order valence-corrected chi connectivity index (χ0v) is 26.0. The Bertz CT molecular complexity index is 1920. The van der Waals surface area contributed by atoms with Crippen LogP contribution in [0.2, 0.25) is 0 Å². The van der Waals surface area contributed by atoms with Gasteiger partial charge in [-0.1, -0.05) is 97.1 Å². The summed E-state index contributed by atoms with van der Waals surface area (Å²) < 4.78 is 0. The molecule has 0 aliphatic rings. The standard InChI is InChI=1S/C36H24N2O4.Zn/c39-35(40)29-19-17-23-9-1-3-11-25(23)31(29)21-37-33-15-7-5-13-27(33)28-14-6-8-16-34(28)38-22-32-26-12-4-2-10-24(26)18-20-30(32)36(41)42;/h1-22H,(H,39,40)(H,41,42);. The quantitative estimate of drug-likeness (QED) is 0.139. The summed E-state index contributed by atoms with van der Waals surface area (Å²) in [4.78, 5) is 33.6. The summed E-state index contributed by atoms with van der Waals surface area (Å²) in [5.41, 5.74) is 4.28. The third-order valence-electron chi connectivity index (χ3n) is 7.17. The first-order chi connectivity index (χ1) is 20.5. The normalized spacial score (nSPS) is 11.3. The molecule has 6 rings (SSSR count). The van der Waals surface area contributed by atoms with Crippen LogP contribution in [0.15, 0.2) is 131 Å². The molecule has 43 heavy (non-hydrogen) atoms. The zero-order valence-electron chi connectivity index (χ0n) is 23.0. The van der Waals surface area contributed by atoms with E-state index < -0.39 is 11.9 Å². The van der Waals surface area contributed by atoms with Crippen molar-refractivity contribution in [2.75, 3.05) is 0 Å². The minimum Gasteiger partial charge on any atom is -0.478 e. The molecule has 0 saturated heterocycles. The second-order valence-electron chi connectivity index (χ2n) is 9.66. The number of benzene rings is 6. The molecule has 0 bridgehead atoms. The van der Waals surface area contributed by atoms with Crippen molar-refractivity contribution < 1.29 is 39.3 Å². The summed E-state index contributed by atoms with van der Waals surface area (Å²) in [6, 6.07) is 37.2. The molecule has 6 aromatic rings. The van der Waals surface area contributed by atoms with E-state index in [1.54, 1.807) is 36.7 Å². The molecule has 0 aliphatic carbocycles. The number of nitrogens with zero attached hydrogens (tertiary/aromatic N) is 2. The smallest absolute Gasteiger partial charge is 0.336 e. The van der Waals surface area contributed by atoms with E-state index in [4.69, 9.17) is 9.98 Å². The molecule has 0 saturated carbocycles. The van der Waals surface area contributed by atoms with E-state index >= 15 is 0 Å². The summed E-state index contributed by atoms with van der Waals surface area (Å²) in [7, 11) is 0. The van der Waals surface area contributed by atoms with E-state index in [1.165, 1.54) is 0 Å². The maximum Gasteiger partial charge on any atom is 0.336 e. The third-order valence-corrected chi connectivity index (χ3v) is 7.17. The van der Waals surface area contributed by atoms with Gasteiger partial charge in [0.1, 0.15) is 0 Å².